The summed E-state index contributed by atoms with van der Waals surface area (Å²) in [4.78, 5) is 10.5. The molecule has 108 valence electrons. The van der Waals surface area contributed by atoms with Gasteiger partial charge in [-0.15, -0.1) is 0 Å². The van der Waals surface area contributed by atoms with Gasteiger partial charge in [-0.05, 0) is 66.9 Å². The maximum atomic E-state index is 13.2. The Balaban J connectivity index is 2.21. The van der Waals surface area contributed by atoms with Crippen molar-refractivity contribution in [2.24, 2.45) is 0 Å². The molecule has 0 amide bonds. The molecule has 0 bridgehead atoms. The molecule has 2 aromatic carbocycles. The first-order valence-electron chi connectivity index (χ1n) is 6.41. The van der Waals surface area contributed by atoms with Crippen LogP contribution in [0.4, 0.5) is 4.39 Å². The number of rotatable bonds is 4. The zero-order valence-electron chi connectivity index (χ0n) is 11.8. The van der Waals surface area contributed by atoms with Crippen LogP contribution in [0.15, 0.2) is 42.5 Å². The predicted octanol–water partition coefficient (Wildman–Crippen LogP) is 4.33. The summed E-state index contributed by atoms with van der Waals surface area (Å²) in [7, 11) is 0. The van der Waals surface area contributed by atoms with E-state index in [1.54, 1.807) is 31.2 Å². The molecule has 0 heterocycles. The highest BCUT2D eigenvalue weighted by Crippen LogP contribution is 2.27. The highest BCUT2D eigenvalue weighted by atomic mass is 19.1. The lowest BCUT2D eigenvalue weighted by molar-refractivity contribution is -0.131. The van der Waals surface area contributed by atoms with E-state index >= 15 is 0 Å². The fraction of sp³-hybridized carbons (Fsp3) is 0.118. The molecule has 21 heavy (non-hydrogen) atoms. The van der Waals surface area contributed by atoms with Crippen LogP contribution < -0.4 is 4.74 Å². The molecular formula is C17H15FO3. The SMILES string of the molecule is Cc1cc(Oc2ccc(/C=C/C(=O)O)cc2C)ccc1F. The molecule has 0 aromatic heterocycles. The van der Waals surface area contributed by atoms with Gasteiger partial charge >= 0.3 is 5.97 Å². The van der Waals surface area contributed by atoms with Crippen molar-refractivity contribution in [3.8, 4) is 11.5 Å². The van der Waals surface area contributed by atoms with Crippen molar-refractivity contribution >= 4 is 12.0 Å². The molecule has 0 saturated heterocycles. The van der Waals surface area contributed by atoms with E-state index < -0.39 is 5.97 Å². The number of aryl methyl sites for hydroxylation is 2. The van der Waals surface area contributed by atoms with Crippen LogP contribution in [0.2, 0.25) is 0 Å². The van der Waals surface area contributed by atoms with Crippen LogP contribution in [0.5, 0.6) is 11.5 Å². The molecule has 0 radical (unpaired) electrons. The summed E-state index contributed by atoms with van der Waals surface area (Å²) in [6.45, 7) is 3.54. The number of aliphatic carboxylic acids is 1. The third kappa shape index (κ3) is 3.92. The van der Waals surface area contributed by atoms with Crippen molar-refractivity contribution in [3.63, 3.8) is 0 Å². The maximum Gasteiger partial charge on any atom is 0.328 e. The van der Waals surface area contributed by atoms with Crippen molar-refractivity contribution in [2.45, 2.75) is 13.8 Å². The Kier molecular flexibility index (Phi) is 4.38. The van der Waals surface area contributed by atoms with Crippen LogP contribution in [0.1, 0.15) is 16.7 Å². The van der Waals surface area contributed by atoms with Crippen molar-refractivity contribution in [1.82, 2.24) is 0 Å². The molecule has 0 aliphatic rings. The van der Waals surface area contributed by atoms with Crippen LogP contribution in [0.3, 0.4) is 0 Å². The van der Waals surface area contributed by atoms with E-state index in [0.29, 0.717) is 17.1 Å². The third-order valence-corrected chi connectivity index (χ3v) is 2.97. The van der Waals surface area contributed by atoms with Crippen LogP contribution in [0, 0.1) is 19.7 Å². The van der Waals surface area contributed by atoms with Gasteiger partial charge < -0.3 is 9.84 Å². The van der Waals surface area contributed by atoms with Gasteiger partial charge in [0.2, 0.25) is 0 Å². The van der Waals surface area contributed by atoms with E-state index in [-0.39, 0.29) is 5.82 Å². The number of carbonyl (C=O) groups is 1. The van der Waals surface area contributed by atoms with Gasteiger partial charge in [-0.1, -0.05) is 6.07 Å². The van der Waals surface area contributed by atoms with Crippen molar-refractivity contribution in [3.05, 3.63) is 65.0 Å². The lowest BCUT2D eigenvalue weighted by Crippen LogP contribution is -1.91. The van der Waals surface area contributed by atoms with E-state index in [1.807, 2.05) is 13.0 Å². The Morgan fingerprint density at radius 1 is 1.14 bits per heavy atom. The second kappa shape index (κ2) is 6.22. The Morgan fingerprint density at radius 2 is 1.90 bits per heavy atom. The van der Waals surface area contributed by atoms with Crippen molar-refractivity contribution < 1.29 is 19.0 Å². The molecule has 3 nitrogen and oxygen atoms in total. The number of hydrogen-bond acceptors (Lipinski definition) is 2. The molecule has 0 fully saturated rings. The molecule has 2 rings (SSSR count). The van der Waals surface area contributed by atoms with E-state index in [4.69, 9.17) is 9.84 Å². The number of carboxylic acid groups (broad SMARTS) is 1. The summed E-state index contributed by atoms with van der Waals surface area (Å²) < 4.78 is 18.9. The Labute approximate surface area is 122 Å². The maximum absolute atomic E-state index is 13.2. The average molecular weight is 286 g/mol. The fourth-order valence-corrected chi connectivity index (χ4v) is 1.87. The summed E-state index contributed by atoms with van der Waals surface area (Å²) >= 11 is 0. The quantitative estimate of drug-likeness (QED) is 0.851. The third-order valence-electron chi connectivity index (χ3n) is 2.97. The minimum atomic E-state index is -0.991. The van der Waals surface area contributed by atoms with Gasteiger partial charge in [0, 0.05) is 6.08 Å². The zero-order valence-corrected chi connectivity index (χ0v) is 11.8. The first kappa shape index (κ1) is 14.8. The second-order valence-corrected chi connectivity index (χ2v) is 4.71. The van der Waals surface area contributed by atoms with Crippen molar-refractivity contribution in [1.29, 1.82) is 0 Å². The van der Waals surface area contributed by atoms with E-state index in [9.17, 15) is 9.18 Å². The Morgan fingerprint density at radius 3 is 2.52 bits per heavy atom. The normalized spacial score (nSPS) is 10.8. The fourth-order valence-electron chi connectivity index (χ4n) is 1.87. The predicted molar refractivity (Wildman–Crippen MR) is 79.1 cm³/mol. The number of carboxylic acids is 1. The molecule has 2 aromatic rings. The van der Waals surface area contributed by atoms with Crippen molar-refractivity contribution in [2.75, 3.05) is 0 Å². The smallest absolute Gasteiger partial charge is 0.328 e. The van der Waals surface area contributed by atoms with Gasteiger partial charge in [-0.3, -0.25) is 0 Å². The summed E-state index contributed by atoms with van der Waals surface area (Å²) in [5.74, 6) is -0.0534. The molecular weight excluding hydrogens is 271 g/mol. The second-order valence-electron chi connectivity index (χ2n) is 4.71. The number of ether oxygens (including phenoxy) is 1. The molecule has 0 aliphatic carbocycles. The molecule has 0 unspecified atom stereocenters. The number of hydrogen-bond donors (Lipinski definition) is 1. The van der Waals surface area contributed by atoms with Gasteiger partial charge in [-0.25, -0.2) is 9.18 Å². The van der Waals surface area contributed by atoms with Gasteiger partial charge in [0.25, 0.3) is 0 Å². The molecule has 0 aliphatic heterocycles. The minimum absolute atomic E-state index is 0.270. The van der Waals surface area contributed by atoms with E-state index in [2.05, 4.69) is 0 Å². The lowest BCUT2D eigenvalue weighted by Gasteiger charge is -2.10. The van der Waals surface area contributed by atoms with Crippen LogP contribution >= 0.6 is 0 Å². The van der Waals surface area contributed by atoms with Gasteiger partial charge in [0.05, 0.1) is 0 Å². The zero-order chi connectivity index (χ0) is 15.4. The van der Waals surface area contributed by atoms with Gasteiger partial charge in [0.1, 0.15) is 17.3 Å². The summed E-state index contributed by atoms with van der Waals surface area (Å²) in [6, 6.07) is 9.91. The molecule has 1 N–H and O–H groups in total. The molecule has 4 heteroatoms. The summed E-state index contributed by atoms with van der Waals surface area (Å²) in [6.07, 6.45) is 2.60. The first-order valence-corrected chi connectivity index (χ1v) is 6.41. The first-order chi connectivity index (χ1) is 9.95. The Bertz CT molecular complexity index is 705. The topological polar surface area (TPSA) is 46.5 Å². The van der Waals surface area contributed by atoms with E-state index in [0.717, 1.165) is 17.2 Å². The monoisotopic (exact) mass is 286 g/mol. The minimum Gasteiger partial charge on any atom is -0.478 e. The average Bonchev–Trinajstić information content (AvgIpc) is 2.43. The highest BCUT2D eigenvalue weighted by Gasteiger charge is 2.04. The standard InChI is InChI=1S/C17H15FO3/c1-11-10-14(5-6-15(11)18)21-16-7-3-13(9-12(16)2)4-8-17(19)20/h3-10H,1-2H3,(H,19,20)/b8-4+. The van der Waals surface area contributed by atoms with Crippen LogP contribution in [0.25, 0.3) is 6.08 Å². The molecule has 0 saturated carbocycles. The summed E-state index contributed by atoms with van der Waals surface area (Å²) in [5.41, 5.74) is 2.16. The summed E-state index contributed by atoms with van der Waals surface area (Å²) in [5, 5.41) is 8.60. The molecule has 0 spiro atoms. The van der Waals surface area contributed by atoms with Gasteiger partial charge in [0.15, 0.2) is 0 Å². The van der Waals surface area contributed by atoms with Crippen LogP contribution in [-0.4, -0.2) is 11.1 Å². The number of benzene rings is 2. The largest absolute Gasteiger partial charge is 0.478 e. The van der Waals surface area contributed by atoms with E-state index in [1.165, 1.54) is 12.1 Å². The van der Waals surface area contributed by atoms with Gasteiger partial charge in [-0.2, -0.15) is 0 Å². The van der Waals surface area contributed by atoms with Crippen LogP contribution in [-0.2, 0) is 4.79 Å². The number of halogens is 1. The lowest BCUT2D eigenvalue weighted by atomic mass is 10.1. The Hall–Kier alpha value is -2.62. The molecule has 0 atom stereocenters. The highest BCUT2D eigenvalue weighted by molar-refractivity contribution is 5.85.